The van der Waals surface area contributed by atoms with Crippen molar-refractivity contribution in [2.45, 2.75) is 77.5 Å². The van der Waals surface area contributed by atoms with Crippen LogP contribution in [0.25, 0.3) is 83.9 Å². The Morgan fingerprint density at radius 2 is 1.21 bits per heavy atom. The van der Waals surface area contributed by atoms with E-state index in [4.69, 9.17) is 9.97 Å². The molecule has 4 nitrogen and oxygen atoms in total. The summed E-state index contributed by atoms with van der Waals surface area (Å²) < 4.78 is 21.1. The van der Waals surface area contributed by atoms with Crippen LogP contribution in [0.1, 0.15) is 85.3 Å². The van der Waals surface area contributed by atoms with Crippen molar-refractivity contribution in [2.24, 2.45) is 5.92 Å². The van der Waals surface area contributed by atoms with Crippen LogP contribution in [0.15, 0.2) is 200 Å². The maximum Gasteiger partial charge on any atom is 0.148 e. The quantitative estimate of drug-likeness (QED) is 0.131. The van der Waals surface area contributed by atoms with E-state index in [9.17, 15) is 7.85 Å². The van der Waals surface area contributed by atoms with Crippen LogP contribution in [0, 0.1) is 12.0 Å². The van der Waals surface area contributed by atoms with E-state index in [1.54, 1.807) is 6.07 Å². The van der Waals surface area contributed by atoms with Gasteiger partial charge in [0.2, 0.25) is 0 Å². The first kappa shape index (κ1) is 46.0. The molecular formula is C67H60N3OPt-. The summed E-state index contributed by atoms with van der Waals surface area (Å²) in [4.78, 5) is 10.6. The zero-order valence-corrected chi connectivity index (χ0v) is 43.8. The molecule has 72 heavy (non-hydrogen) atoms. The van der Waals surface area contributed by atoms with Crippen LogP contribution in [-0.4, -0.2) is 19.6 Å². The molecule has 1 aliphatic carbocycles. The van der Waals surface area contributed by atoms with Crippen LogP contribution in [-0.2, 0) is 38.3 Å². The summed E-state index contributed by atoms with van der Waals surface area (Å²) in [5.74, 6) is 0.671. The second-order valence-corrected chi connectivity index (χ2v) is 20.7. The number of aromatic nitrogens is 3. The number of phenolic OH excluding ortho intramolecular Hbond substituents is 1. The van der Waals surface area contributed by atoms with Gasteiger partial charge in [-0.25, -0.2) is 4.98 Å². The first-order chi connectivity index (χ1) is 35.2. The summed E-state index contributed by atoms with van der Waals surface area (Å²) in [5, 5.41) is 11.9. The molecule has 1 N–H and O–H groups in total. The van der Waals surface area contributed by atoms with E-state index in [0.717, 1.165) is 104 Å². The first-order valence-electron chi connectivity index (χ1n) is 26.1. The van der Waals surface area contributed by atoms with E-state index in [1.807, 2.05) is 42.6 Å². The number of benzene rings is 8. The summed E-state index contributed by atoms with van der Waals surface area (Å²) in [6, 6.07) is 70.9. The maximum atomic E-state index is 11.9. The van der Waals surface area contributed by atoms with Crippen molar-refractivity contribution in [1.29, 1.82) is 0 Å². The molecule has 2 aromatic heterocycles. The van der Waals surface area contributed by atoms with Gasteiger partial charge >= 0.3 is 0 Å². The minimum atomic E-state index is -1.50. The van der Waals surface area contributed by atoms with Crippen LogP contribution < -0.4 is 0 Å². The molecule has 0 unspecified atom stereocenters. The Labute approximate surface area is 442 Å². The number of fused-ring (bicyclic) bond motifs is 1. The Morgan fingerprint density at radius 3 is 1.92 bits per heavy atom. The van der Waals surface area contributed by atoms with E-state index in [-0.39, 0.29) is 43.6 Å². The number of hydrogen-bond donors (Lipinski definition) is 1. The summed E-state index contributed by atoms with van der Waals surface area (Å²) >= 11 is 0. The minimum absolute atomic E-state index is 0. The van der Waals surface area contributed by atoms with E-state index >= 15 is 0 Å². The first-order valence-corrected chi connectivity index (χ1v) is 25.1. The zero-order valence-electron chi connectivity index (χ0n) is 43.6. The van der Waals surface area contributed by atoms with Gasteiger partial charge in [-0.1, -0.05) is 223 Å². The zero-order chi connectivity index (χ0) is 50.5. The van der Waals surface area contributed by atoms with Gasteiger partial charge in [0, 0.05) is 46.7 Å². The predicted molar refractivity (Wildman–Crippen MR) is 295 cm³/mol. The standard InChI is InChI=1S/C67H60N3O.Pt/c1-66(2,3)56-33-35-63(71)59(44-56)65-69-64-57(26-17-27-62(64)70(65)61-34-28-46(38-45-18-15-16-19-45)39-58(61)49-22-11-7-12-23-49)52-40-51(47-20-9-6-10-21-47)41-53(42-52)60-43-50(36-37-68-60)48-29-31-55(32-30-48)67(4,5)54-24-13-8-14-25-54;/h6-14,17,20-37,39-41,43-45,71H,15-16,18-19,38H2,1-5H3;/q-1;/i38D2;. The molecular weight excluding hydrogens is 1060 g/mol. The van der Waals surface area contributed by atoms with Gasteiger partial charge in [-0.05, 0) is 98.6 Å². The van der Waals surface area contributed by atoms with Crippen LogP contribution >= 0.6 is 0 Å². The monoisotopic (exact) mass is 1120 g/mol. The average molecular weight is 1120 g/mol. The van der Waals surface area contributed by atoms with Crippen molar-refractivity contribution >= 4 is 11.0 Å². The third kappa shape index (κ3) is 9.66. The second-order valence-electron chi connectivity index (χ2n) is 20.7. The SMILES string of the molecule is [2H]C([2H])(c1ccc(-n2c(-c3cc(C(C)(C)C)ccc3O)nc3c(-c4[c-]c(-c5cc(-c6ccc(C(C)(C)c7ccccc7)cc6)ccn5)cc(-c5ccccc5)c4)cccc32)c(-c2ccccc2)c1)C1CCCC1.[Pt]. The normalized spacial score (nSPS) is 13.7. The molecule has 8 aromatic carbocycles. The van der Waals surface area contributed by atoms with E-state index in [2.05, 4.69) is 197 Å². The van der Waals surface area contributed by atoms with Crippen LogP contribution in [0.4, 0.5) is 0 Å². The van der Waals surface area contributed by atoms with Gasteiger partial charge in [-0.2, -0.15) is 0 Å². The minimum Gasteiger partial charge on any atom is -0.507 e. The molecule has 0 spiro atoms. The van der Waals surface area contributed by atoms with Crippen LogP contribution in [0.5, 0.6) is 5.75 Å². The van der Waals surface area contributed by atoms with Crippen molar-refractivity contribution in [3.05, 3.63) is 229 Å². The molecule has 0 atom stereocenters. The summed E-state index contributed by atoms with van der Waals surface area (Å²) in [6.07, 6.45) is 4.25. The number of rotatable bonds is 11. The van der Waals surface area contributed by atoms with E-state index < -0.39 is 6.37 Å². The van der Waals surface area contributed by atoms with Gasteiger partial charge in [0.15, 0.2) is 0 Å². The van der Waals surface area contributed by atoms with Crippen LogP contribution in [0.3, 0.4) is 0 Å². The fourth-order valence-corrected chi connectivity index (χ4v) is 10.4. The molecule has 10 aromatic rings. The number of aromatic hydroxyl groups is 1. The number of nitrogens with zero attached hydrogens (tertiary/aromatic N) is 3. The predicted octanol–water partition coefficient (Wildman–Crippen LogP) is 17.3. The number of imidazole rings is 1. The van der Waals surface area contributed by atoms with Crippen molar-refractivity contribution in [3.8, 4) is 78.6 Å². The molecule has 360 valence electrons. The summed E-state index contributed by atoms with van der Waals surface area (Å²) in [5.41, 5.74) is 16.5. The smallest absolute Gasteiger partial charge is 0.148 e. The number of para-hydroxylation sites is 1. The van der Waals surface area contributed by atoms with E-state index in [0.29, 0.717) is 17.0 Å². The molecule has 1 saturated carbocycles. The van der Waals surface area contributed by atoms with Crippen molar-refractivity contribution < 1.29 is 28.9 Å². The topological polar surface area (TPSA) is 50.9 Å². The molecule has 5 heteroatoms. The number of phenols is 1. The molecule has 0 saturated heterocycles. The Hall–Kier alpha value is -7.13. The van der Waals surface area contributed by atoms with Gasteiger partial charge in [0.1, 0.15) is 11.6 Å². The molecule has 0 radical (unpaired) electrons. The fraction of sp³-hybridized carbons (Fsp3) is 0.194. The fourth-order valence-electron chi connectivity index (χ4n) is 10.4. The number of hydrogen-bond acceptors (Lipinski definition) is 3. The van der Waals surface area contributed by atoms with Crippen LogP contribution in [0.2, 0.25) is 0 Å². The Balaban J connectivity index is 0.00000626. The van der Waals surface area contributed by atoms with Gasteiger partial charge < -0.3 is 5.11 Å². The van der Waals surface area contributed by atoms with E-state index in [1.165, 1.54) is 11.1 Å². The molecule has 0 amide bonds. The summed E-state index contributed by atoms with van der Waals surface area (Å²) in [7, 11) is 0. The van der Waals surface area contributed by atoms with Gasteiger partial charge in [0.25, 0.3) is 0 Å². The van der Waals surface area contributed by atoms with Gasteiger partial charge in [0.05, 0.1) is 22.3 Å². The third-order valence-electron chi connectivity index (χ3n) is 14.6. The average Bonchev–Trinajstić information content (AvgIpc) is 4.12. The maximum absolute atomic E-state index is 11.9. The Morgan fingerprint density at radius 1 is 0.569 bits per heavy atom. The second kappa shape index (κ2) is 20.2. The molecule has 1 fully saturated rings. The molecule has 11 rings (SSSR count). The van der Waals surface area contributed by atoms with Crippen molar-refractivity contribution in [3.63, 3.8) is 0 Å². The largest absolute Gasteiger partial charge is 0.507 e. The van der Waals surface area contributed by atoms with Crippen molar-refractivity contribution in [2.75, 3.05) is 0 Å². The number of pyridine rings is 1. The summed E-state index contributed by atoms with van der Waals surface area (Å²) in [6.45, 7) is 11.1. The molecule has 1 aliphatic rings. The molecule has 0 bridgehead atoms. The van der Waals surface area contributed by atoms with Crippen molar-refractivity contribution in [1.82, 2.24) is 14.5 Å². The third-order valence-corrected chi connectivity index (χ3v) is 14.6. The Kier molecular flexibility index (Phi) is 12.9. The van der Waals surface area contributed by atoms with Gasteiger partial charge in [-0.15, -0.1) is 23.8 Å². The Bertz CT molecular complexity index is 3610. The molecule has 0 aliphatic heterocycles. The molecule has 2 heterocycles. The van der Waals surface area contributed by atoms with Gasteiger partial charge in [-0.3, -0.25) is 9.55 Å².